The van der Waals surface area contributed by atoms with Crippen LogP contribution in [0.15, 0.2) is 39.2 Å². The molecule has 1 aromatic carbocycles. The molecule has 2 N–H and O–H groups in total. The fraction of sp³-hybridized carbons (Fsp3) is 0.200. The number of rotatable bonds is 4. The van der Waals surface area contributed by atoms with Gasteiger partial charge in [0.2, 0.25) is 0 Å². The summed E-state index contributed by atoms with van der Waals surface area (Å²) in [5.74, 6) is -1.53. The van der Waals surface area contributed by atoms with Crippen LogP contribution in [-0.4, -0.2) is 29.1 Å². The second-order valence-corrected chi connectivity index (χ2v) is 6.69. The summed E-state index contributed by atoms with van der Waals surface area (Å²) in [5.41, 5.74) is 3.77. The molecule has 6 nitrogen and oxygen atoms in total. The highest BCUT2D eigenvalue weighted by molar-refractivity contribution is 9.10. The molecule has 23 heavy (non-hydrogen) atoms. The second kappa shape index (κ2) is 7.98. The van der Waals surface area contributed by atoms with Gasteiger partial charge < -0.3 is 5.32 Å². The third-order valence-electron chi connectivity index (χ3n) is 2.58. The van der Waals surface area contributed by atoms with Gasteiger partial charge in [-0.25, -0.2) is 10.4 Å². The van der Waals surface area contributed by atoms with Crippen LogP contribution in [0.25, 0.3) is 10.6 Å². The Balaban J connectivity index is 1.96. The van der Waals surface area contributed by atoms with E-state index >= 15 is 0 Å². The Labute approximate surface area is 146 Å². The maximum absolute atomic E-state index is 11.5. The van der Waals surface area contributed by atoms with Crippen LogP contribution in [0.1, 0.15) is 19.5 Å². The van der Waals surface area contributed by atoms with Crippen molar-refractivity contribution in [3.63, 3.8) is 0 Å². The molecule has 0 spiro atoms. The van der Waals surface area contributed by atoms with E-state index in [1.165, 1.54) is 17.6 Å². The molecule has 0 unspecified atom stereocenters. The molecule has 120 valence electrons. The maximum Gasteiger partial charge on any atom is 0.329 e. The minimum Gasteiger partial charge on any atom is -0.346 e. The standard InChI is InChI=1S/C15H15BrN4O2S/c1-9(2)18-13(21)14(22)20-17-7-12-8-23-15(19-12)10-4-3-5-11(16)6-10/h3-9H,1-2H3,(H,18,21)(H,20,22)/b17-7-. The summed E-state index contributed by atoms with van der Waals surface area (Å²) in [6.07, 6.45) is 1.40. The average molecular weight is 395 g/mol. The lowest BCUT2D eigenvalue weighted by Crippen LogP contribution is -2.41. The SMILES string of the molecule is CC(C)NC(=O)C(=O)N/N=C\c1csc(-c2cccc(Br)c2)n1. The number of hydrogen-bond acceptors (Lipinski definition) is 5. The zero-order valence-corrected chi connectivity index (χ0v) is 14.9. The number of thiazole rings is 1. The van der Waals surface area contributed by atoms with Gasteiger partial charge in [-0.3, -0.25) is 9.59 Å². The van der Waals surface area contributed by atoms with Crippen LogP contribution < -0.4 is 10.7 Å². The number of amides is 2. The summed E-state index contributed by atoms with van der Waals surface area (Å²) in [6.45, 7) is 3.54. The molecule has 1 heterocycles. The maximum atomic E-state index is 11.5. The van der Waals surface area contributed by atoms with Gasteiger partial charge in [0.05, 0.1) is 11.9 Å². The average Bonchev–Trinajstić information content (AvgIpc) is 2.95. The van der Waals surface area contributed by atoms with E-state index in [-0.39, 0.29) is 6.04 Å². The minimum atomic E-state index is -0.808. The van der Waals surface area contributed by atoms with Crippen LogP contribution in [0.3, 0.4) is 0 Å². The first-order chi connectivity index (χ1) is 11.0. The Bertz CT molecular complexity index is 743. The molecule has 2 aromatic rings. The van der Waals surface area contributed by atoms with Crippen LogP contribution >= 0.6 is 27.3 Å². The largest absolute Gasteiger partial charge is 0.346 e. The van der Waals surface area contributed by atoms with Crippen molar-refractivity contribution in [3.05, 3.63) is 39.8 Å². The van der Waals surface area contributed by atoms with Crippen LogP contribution in [0.5, 0.6) is 0 Å². The molecule has 0 saturated heterocycles. The number of carbonyl (C=O) groups is 2. The second-order valence-electron chi connectivity index (χ2n) is 4.92. The van der Waals surface area contributed by atoms with Gasteiger partial charge in [-0.1, -0.05) is 28.1 Å². The van der Waals surface area contributed by atoms with Gasteiger partial charge >= 0.3 is 11.8 Å². The fourth-order valence-corrected chi connectivity index (χ4v) is 2.80. The molecule has 0 atom stereocenters. The highest BCUT2D eigenvalue weighted by Crippen LogP contribution is 2.25. The molecule has 0 aliphatic carbocycles. The molecule has 0 radical (unpaired) electrons. The quantitative estimate of drug-likeness (QED) is 0.474. The number of benzene rings is 1. The first-order valence-corrected chi connectivity index (χ1v) is 8.48. The lowest BCUT2D eigenvalue weighted by molar-refractivity contribution is -0.139. The van der Waals surface area contributed by atoms with Gasteiger partial charge in [-0.15, -0.1) is 11.3 Å². The highest BCUT2D eigenvalue weighted by atomic mass is 79.9. The van der Waals surface area contributed by atoms with Gasteiger partial charge in [-0.2, -0.15) is 5.10 Å². The summed E-state index contributed by atoms with van der Waals surface area (Å²) in [5, 5.41) is 8.89. The predicted octanol–water partition coefficient (Wildman–Crippen LogP) is 2.55. The van der Waals surface area contributed by atoms with Crippen molar-refractivity contribution < 1.29 is 9.59 Å². The first kappa shape index (κ1) is 17.3. The Kier molecular flexibility index (Phi) is 6.00. The number of aromatic nitrogens is 1. The molecule has 0 fully saturated rings. The Morgan fingerprint density at radius 1 is 1.35 bits per heavy atom. The van der Waals surface area contributed by atoms with Gasteiger partial charge in [0, 0.05) is 21.5 Å². The van der Waals surface area contributed by atoms with E-state index in [0.29, 0.717) is 5.69 Å². The highest BCUT2D eigenvalue weighted by Gasteiger charge is 2.13. The topological polar surface area (TPSA) is 83.5 Å². The minimum absolute atomic E-state index is 0.108. The van der Waals surface area contributed by atoms with Crippen LogP contribution in [0, 0.1) is 0 Å². The summed E-state index contributed by atoms with van der Waals surface area (Å²) in [6, 6.07) is 7.70. The van der Waals surface area contributed by atoms with Crippen molar-refractivity contribution >= 4 is 45.3 Å². The summed E-state index contributed by atoms with van der Waals surface area (Å²) in [4.78, 5) is 27.3. The van der Waals surface area contributed by atoms with Crippen molar-refractivity contribution in [1.29, 1.82) is 0 Å². The Hall–Kier alpha value is -2.06. The normalized spacial score (nSPS) is 11.0. The van der Waals surface area contributed by atoms with Crippen molar-refractivity contribution in [2.45, 2.75) is 19.9 Å². The summed E-state index contributed by atoms with van der Waals surface area (Å²) < 4.78 is 0.976. The zero-order valence-electron chi connectivity index (χ0n) is 12.5. The van der Waals surface area contributed by atoms with Gasteiger partial charge in [0.25, 0.3) is 0 Å². The molecule has 1 aromatic heterocycles. The third-order valence-corrected chi connectivity index (χ3v) is 3.99. The van der Waals surface area contributed by atoms with E-state index in [9.17, 15) is 9.59 Å². The lowest BCUT2D eigenvalue weighted by Gasteiger charge is -2.05. The number of halogens is 1. The lowest BCUT2D eigenvalue weighted by atomic mass is 10.2. The third kappa shape index (κ3) is 5.26. The molecule has 0 aliphatic heterocycles. The molecule has 2 amide bonds. The van der Waals surface area contributed by atoms with Gasteiger partial charge in [0.15, 0.2) is 0 Å². The number of nitrogens with one attached hydrogen (secondary N) is 2. The smallest absolute Gasteiger partial charge is 0.329 e. The predicted molar refractivity (Wildman–Crippen MR) is 94.3 cm³/mol. The van der Waals surface area contributed by atoms with E-state index in [1.54, 1.807) is 13.8 Å². The van der Waals surface area contributed by atoms with Crippen molar-refractivity contribution in [2.24, 2.45) is 5.10 Å². The zero-order chi connectivity index (χ0) is 16.8. The van der Waals surface area contributed by atoms with E-state index in [0.717, 1.165) is 15.0 Å². The van der Waals surface area contributed by atoms with E-state index in [1.807, 2.05) is 29.6 Å². The van der Waals surface area contributed by atoms with Gasteiger partial charge in [0.1, 0.15) is 5.01 Å². The molecule has 8 heteroatoms. The number of hydrogen-bond donors (Lipinski definition) is 2. The van der Waals surface area contributed by atoms with Crippen LogP contribution in [0.4, 0.5) is 0 Å². The molecule has 0 aliphatic rings. The van der Waals surface area contributed by atoms with Crippen LogP contribution in [-0.2, 0) is 9.59 Å². The van der Waals surface area contributed by atoms with Crippen molar-refractivity contribution in [2.75, 3.05) is 0 Å². The molecular weight excluding hydrogens is 380 g/mol. The number of hydrazone groups is 1. The van der Waals surface area contributed by atoms with E-state index < -0.39 is 11.8 Å². The van der Waals surface area contributed by atoms with Crippen LogP contribution in [0.2, 0.25) is 0 Å². The summed E-state index contributed by atoms with van der Waals surface area (Å²) in [7, 11) is 0. The molecule has 0 saturated carbocycles. The summed E-state index contributed by atoms with van der Waals surface area (Å²) >= 11 is 4.89. The van der Waals surface area contributed by atoms with Crippen molar-refractivity contribution in [3.8, 4) is 10.6 Å². The van der Waals surface area contributed by atoms with Gasteiger partial charge in [-0.05, 0) is 26.0 Å². The first-order valence-electron chi connectivity index (χ1n) is 6.81. The molecular formula is C15H15BrN4O2S. The molecule has 0 bridgehead atoms. The molecule has 2 rings (SSSR count). The number of carbonyl (C=O) groups excluding carboxylic acids is 2. The number of nitrogens with zero attached hydrogens (tertiary/aromatic N) is 2. The van der Waals surface area contributed by atoms with E-state index in [2.05, 4.69) is 36.8 Å². The monoisotopic (exact) mass is 394 g/mol. The van der Waals surface area contributed by atoms with Crippen molar-refractivity contribution in [1.82, 2.24) is 15.7 Å². The Morgan fingerprint density at radius 2 is 2.13 bits per heavy atom. The van der Waals surface area contributed by atoms with E-state index in [4.69, 9.17) is 0 Å². The fourth-order valence-electron chi connectivity index (χ4n) is 1.64. The Morgan fingerprint density at radius 3 is 2.83 bits per heavy atom.